The molecule has 5 aliphatic heterocycles. The molecule has 0 aromatic heterocycles. The lowest BCUT2D eigenvalue weighted by molar-refractivity contribution is -0.382. The molecule has 0 amide bonds. The van der Waals surface area contributed by atoms with Crippen LogP contribution in [-0.4, -0.2) is 170 Å². The average Bonchev–Trinajstić information content (AvgIpc) is 4.00. The number of aliphatic hydroxyl groups is 8. The number of esters is 1. The Morgan fingerprint density at radius 2 is 1.38 bits per heavy atom. The molecule has 5 saturated heterocycles. The predicted molar refractivity (Wildman–Crippen MR) is 220 cm³/mol. The highest BCUT2D eigenvalue weighted by molar-refractivity contribution is 5.82. The number of rotatable bonds is 7. The average molecular weight is 911 g/mol. The predicted octanol–water partition coefficient (Wildman–Crippen LogP) is 1.03. The van der Waals surface area contributed by atoms with Crippen molar-refractivity contribution in [3.05, 3.63) is 0 Å². The van der Waals surface area contributed by atoms with E-state index >= 15 is 0 Å². The standard InChI is InChI=1S/C47H74O17/c1-20-26(49)29(52)32(55)38(58-20)63-33-30(53)27(50)21(18-48)59-39(33)60-22-19-57-37(31(54)28(22)51)61-25-10-11-43(6)23(42(25,4)5)9-12-44(7)35(43)34-36(62-34)47-24-17-41(2,3)13-15-46(24,40(56)64-47)16-14-45(44,47)8/h20-39,48-55H,9-19H2,1-8H3. The van der Waals surface area contributed by atoms with E-state index in [1.165, 1.54) is 6.92 Å². The van der Waals surface area contributed by atoms with Crippen LogP contribution in [0.2, 0.25) is 0 Å². The van der Waals surface area contributed by atoms with Gasteiger partial charge < -0.3 is 78.7 Å². The molecule has 1 spiro atoms. The second kappa shape index (κ2) is 15.2. The van der Waals surface area contributed by atoms with Gasteiger partial charge >= 0.3 is 5.97 Å². The molecule has 5 saturated carbocycles. The Morgan fingerprint density at radius 3 is 2.09 bits per heavy atom. The van der Waals surface area contributed by atoms with E-state index in [1.54, 1.807) is 0 Å². The minimum Gasteiger partial charge on any atom is -0.455 e. The fraction of sp³-hybridized carbons (Fsp3) is 0.979. The second-order valence-corrected chi connectivity index (χ2v) is 23.9. The quantitative estimate of drug-likeness (QED) is 0.101. The summed E-state index contributed by atoms with van der Waals surface area (Å²) in [4.78, 5) is 14.1. The van der Waals surface area contributed by atoms with E-state index in [4.69, 9.17) is 37.9 Å². The molecule has 0 radical (unpaired) electrons. The van der Waals surface area contributed by atoms with Crippen molar-refractivity contribution >= 4 is 5.97 Å². The fourth-order valence-electron chi connectivity index (χ4n) is 16.3. The van der Waals surface area contributed by atoms with E-state index < -0.39 is 104 Å². The third kappa shape index (κ3) is 6.18. The first-order valence-corrected chi connectivity index (χ1v) is 24.1. The molecular weight excluding hydrogens is 837 g/mol. The van der Waals surface area contributed by atoms with Gasteiger partial charge in [-0.05, 0) is 98.2 Å². The Bertz CT molecular complexity index is 1820. The van der Waals surface area contributed by atoms with Gasteiger partial charge in [0, 0.05) is 11.3 Å². The summed E-state index contributed by atoms with van der Waals surface area (Å²) in [6, 6.07) is 0. The Kier molecular flexibility index (Phi) is 11.1. The first-order chi connectivity index (χ1) is 29.9. The van der Waals surface area contributed by atoms with Gasteiger partial charge in [-0.2, -0.15) is 0 Å². The number of epoxide rings is 1. The molecule has 364 valence electrons. The molecule has 10 aliphatic rings. The highest BCUT2D eigenvalue weighted by Gasteiger charge is 2.89. The molecule has 25 unspecified atom stereocenters. The van der Waals surface area contributed by atoms with Crippen LogP contribution in [0.1, 0.15) is 113 Å². The van der Waals surface area contributed by atoms with Crippen molar-refractivity contribution in [2.24, 2.45) is 50.2 Å². The van der Waals surface area contributed by atoms with Crippen LogP contribution in [0, 0.1) is 50.2 Å². The van der Waals surface area contributed by atoms with Crippen molar-refractivity contribution in [2.45, 2.75) is 223 Å². The smallest absolute Gasteiger partial charge is 0.313 e. The lowest BCUT2D eigenvalue weighted by Gasteiger charge is -2.72. The number of carbonyl (C=O) groups is 1. The van der Waals surface area contributed by atoms with E-state index in [-0.39, 0.29) is 75.7 Å². The number of hydrogen-bond donors (Lipinski definition) is 8. The maximum atomic E-state index is 14.1. The molecule has 0 aromatic rings. The van der Waals surface area contributed by atoms with Crippen LogP contribution < -0.4 is 0 Å². The molecule has 5 heterocycles. The van der Waals surface area contributed by atoms with Crippen LogP contribution in [0.3, 0.4) is 0 Å². The van der Waals surface area contributed by atoms with Gasteiger partial charge in [-0.3, -0.25) is 4.79 Å². The minimum atomic E-state index is -1.76. The number of ether oxygens (including phenoxy) is 8. The van der Waals surface area contributed by atoms with E-state index in [0.717, 1.165) is 51.4 Å². The van der Waals surface area contributed by atoms with Crippen LogP contribution in [0.15, 0.2) is 0 Å². The summed E-state index contributed by atoms with van der Waals surface area (Å²) in [5, 5.41) is 86.0. The summed E-state index contributed by atoms with van der Waals surface area (Å²) in [6.07, 6.45) is -13.2. The molecule has 8 N–H and O–H groups in total. The van der Waals surface area contributed by atoms with Crippen molar-refractivity contribution in [2.75, 3.05) is 13.2 Å². The monoisotopic (exact) mass is 910 g/mol. The number of hydrogen-bond acceptors (Lipinski definition) is 17. The van der Waals surface area contributed by atoms with Crippen molar-refractivity contribution in [3.63, 3.8) is 0 Å². The second-order valence-electron chi connectivity index (χ2n) is 23.9. The Hall–Kier alpha value is -1.13. The summed E-state index contributed by atoms with van der Waals surface area (Å²) in [6.45, 7) is 17.0. The summed E-state index contributed by atoms with van der Waals surface area (Å²) in [7, 11) is 0. The van der Waals surface area contributed by atoms with Crippen LogP contribution in [0.4, 0.5) is 0 Å². The van der Waals surface area contributed by atoms with E-state index in [2.05, 4.69) is 48.5 Å². The summed E-state index contributed by atoms with van der Waals surface area (Å²) < 4.78 is 49.9. The zero-order valence-corrected chi connectivity index (χ0v) is 38.6. The van der Waals surface area contributed by atoms with Crippen molar-refractivity contribution in [3.8, 4) is 0 Å². The minimum absolute atomic E-state index is 0.0000459. The third-order valence-electron chi connectivity index (χ3n) is 20.1. The Balaban J connectivity index is 0.833. The van der Waals surface area contributed by atoms with Crippen LogP contribution in [0.25, 0.3) is 0 Å². The third-order valence-corrected chi connectivity index (χ3v) is 20.1. The van der Waals surface area contributed by atoms with Crippen LogP contribution >= 0.6 is 0 Å². The summed E-state index contributed by atoms with van der Waals surface area (Å²) in [5.74, 6) is 0.634. The van der Waals surface area contributed by atoms with Gasteiger partial charge in [0.05, 0.1) is 36.9 Å². The molecule has 17 nitrogen and oxygen atoms in total. The maximum absolute atomic E-state index is 14.1. The van der Waals surface area contributed by atoms with Crippen LogP contribution in [0.5, 0.6) is 0 Å². The zero-order chi connectivity index (χ0) is 46.1. The highest BCUT2D eigenvalue weighted by Crippen LogP contribution is 2.83. The van der Waals surface area contributed by atoms with Gasteiger partial charge in [0.15, 0.2) is 24.5 Å². The normalized spacial score (nSPS) is 59.3. The molecule has 2 bridgehead atoms. The van der Waals surface area contributed by atoms with Gasteiger partial charge in [0.2, 0.25) is 0 Å². The molecule has 17 heteroatoms. The van der Waals surface area contributed by atoms with Gasteiger partial charge in [-0.1, -0.05) is 48.5 Å². The summed E-state index contributed by atoms with van der Waals surface area (Å²) >= 11 is 0. The zero-order valence-electron chi connectivity index (χ0n) is 38.6. The van der Waals surface area contributed by atoms with Gasteiger partial charge in [-0.15, -0.1) is 0 Å². The maximum Gasteiger partial charge on any atom is 0.313 e. The van der Waals surface area contributed by atoms with Gasteiger partial charge in [-0.25, -0.2) is 0 Å². The molecular formula is C47H74O17. The van der Waals surface area contributed by atoms with Gasteiger partial charge in [0.1, 0.15) is 67.1 Å². The van der Waals surface area contributed by atoms with E-state index in [9.17, 15) is 45.6 Å². The van der Waals surface area contributed by atoms with Gasteiger partial charge in [0.25, 0.3) is 0 Å². The van der Waals surface area contributed by atoms with Crippen LogP contribution in [-0.2, 0) is 42.7 Å². The summed E-state index contributed by atoms with van der Waals surface area (Å²) in [5.41, 5.74) is -1.78. The molecule has 25 atom stereocenters. The largest absolute Gasteiger partial charge is 0.455 e. The molecule has 10 fully saturated rings. The molecule has 10 rings (SSSR count). The lowest BCUT2D eigenvalue weighted by Crippen LogP contribution is -2.75. The lowest BCUT2D eigenvalue weighted by atomic mass is 9.31. The topological polar surface area (TPSA) is 256 Å². The number of aliphatic hydroxyl groups excluding tert-OH is 8. The van der Waals surface area contributed by atoms with Crippen molar-refractivity contribution in [1.29, 1.82) is 0 Å². The Labute approximate surface area is 375 Å². The fourth-order valence-corrected chi connectivity index (χ4v) is 16.3. The SMILES string of the molecule is CC1OC(OC2C(OC3COC(OC4CCC5(C)C(CCC6(C)C5C5OC5C57OC(=O)C8(CCC(C)(C)CC85)CCC67C)C4(C)C)C(O)C3O)OC(CO)C(O)C2O)C(O)C(O)C1O. The van der Waals surface area contributed by atoms with E-state index in [0.29, 0.717) is 6.42 Å². The molecule has 0 aromatic carbocycles. The van der Waals surface area contributed by atoms with Crippen molar-refractivity contribution in [1.82, 2.24) is 0 Å². The number of carbonyl (C=O) groups excluding carboxylic acids is 1. The van der Waals surface area contributed by atoms with Crippen molar-refractivity contribution < 1.29 is 83.5 Å². The first kappa shape index (κ1) is 46.6. The first-order valence-electron chi connectivity index (χ1n) is 24.1. The number of fused-ring (bicyclic) bond motifs is 6. The highest BCUT2D eigenvalue weighted by atomic mass is 16.8. The molecule has 64 heavy (non-hydrogen) atoms. The van der Waals surface area contributed by atoms with E-state index in [1.807, 2.05) is 0 Å². The molecule has 5 aliphatic carbocycles. The Morgan fingerprint density at radius 1 is 0.672 bits per heavy atom.